The number of hydrogen-bond donors (Lipinski definition) is 1. The first kappa shape index (κ1) is 21.7. The average molecular weight is 465 g/mol. The lowest BCUT2D eigenvalue weighted by molar-refractivity contribution is 0.0380. The highest BCUT2D eigenvalue weighted by atomic mass is 32.1. The highest BCUT2D eigenvalue weighted by Crippen LogP contribution is 2.59. The first-order valence-corrected chi connectivity index (χ1v) is 11.9. The van der Waals surface area contributed by atoms with Gasteiger partial charge in [-0.15, -0.1) is 21.5 Å². The molecule has 0 spiro atoms. The molecule has 1 aromatic carbocycles. The Morgan fingerprint density at radius 2 is 2.09 bits per heavy atom. The molecular formula is C24H25FN6OS. The number of alkyl halides is 1. The van der Waals surface area contributed by atoms with Crippen LogP contribution in [0.3, 0.4) is 0 Å². The van der Waals surface area contributed by atoms with Gasteiger partial charge < -0.3 is 10.0 Å². The van der Waals surface area contributed by atoms with Crippen LogP contribution in [0, 0.1) is 22.2 Å². The maximum absolute atomic E-state index is 15.5. The number of phenolic OH excluding ortho intramolecular Hbond substituents is 1. The lowest BCUT2D eigenvalue weighted by Gasteiger charge is -2.46. The molecule has 2 aliphatic carbocycles. The Morgan fingerprint density at radius 3 is 2.76 bits per heavy atom. The van der Waals surface area contributed by atoms with Gasteiger partial charge in [0.1, 0.15) is 18.0 Å². The van der Waals surface area contributed by atoms with Crippen molar-refractivity contribution in [2.45, 2.75) is 51.7 Å². The molecule has 0 radical (unpaired) electrons. The SMILES string of the molecule is CN(c1cnc(-c2ccc(-c3csc(C#N)n3)cc2O)nn1)[C@H]1C[C@]2(C)CC[C@@](C)(C2)[C@H]1F. The number of phenols is 1. The summed E-state index contributed by atoms with van der Waals surface area (Å²) in [6.45, 7) is 4.33. The van der Waals surface area contributed by atoms with Crippen molar-refractivity contribution in [3.63, 3.8) is 0 Å². The molecule has 2 fully saturated rings. The van der Waals surface area contributed by atoms with E-state index >= 15 is 4.39 Å². The van der Waals surface area contributed by atoms with Crippen LogP contribution >= 0.6 is 11.3 Å². The maximum atomic E-state index is 15.5. The molecule has 7 nitrogen and oxygen atoms in total. The van der Waals surface area contributed by atoms with E-state index in [1.165, 1.54) is 11.3 Å². The van der Waals surface area contributed by atoms with Crippen LogP contribution in [0.2, 0.25) is 0 Å². The summed E-state index contributed by atoms with van der Waals surface area (Å²) in [7, 11) is 1.86. The molecule has 33 heavy (non-hydrogen) atoms. The van der Waals surface area contributed by atoms with Gasteiger partial charge >= 0.3 is 0 Å². The zero-order chi connectivity index (χ0) is 23.4. The molecule has 0 aliphatic heterocycles. The van der Waals surface area contributed by atoms with Gasteiger partial charge in [0.25, 0.3) is 0 Å². The Kier molecular flexibility index (Phi) is 5.09. The van der Waals surface area contributed by atoms with Gasteiger partial charge in [0, 0.05) is 23.4 Å². The van der Waals surface area contributed by atoms with Crippen molar-refractivity contribution >= 4 is 17.2 Å². The number of nitriles is 1. The van der Waals surface area contributed by atoms with Crippen molar-refractivity contribution in [3.05, 3.63) is 34.8 Å². The van der Waals surface area contributed by atoms with E-state index in [0.29, 0.717) is 27.6 Å². The second-order valence-corrected chi connectivity index (χ2v) is 10.8. The van der Waals surface area contributed by atoms with Crippen molar-refractivity contribution in [2.75, 3.05) is 11.9 Å². The van der Waals surface area contributed by atoms with Crippen LogP contribution in [0.25, 0.3) is 22.6 Å². The van der Waals surface area contributed by atoms with Crippen LogP contribution in [0.1, 0.15) is 44.5 Å². The van der Waals surface area contributed by atoms with Crippen LogP contribution in [0.4, 0.5) is 10.2 Å². The molecule has 0 saturated heterocycles. The Hall–Kier alpha value is -3.12. The lowest BCUT2D eigenvalue weighted by atomic mass is 9.67. The number of rotatable bonds is 4. The summed E-state index contributed by atoms with van der Waals surface area (Å²) in [6, 6.07) is 6.82. The fraction of sp³-hybridized carbons (Fsp3) is 0.458. The second kappa shape index (κ2) is 7.73. The van der Waals surface area contributed by atoms with Gasteiger partial charge in [-0.3, -0.25) is 0 Å². The van der Waals surface area contributed by atoms with E-state index in [9.17, 15) is 5.11 Å². The Labute approximate surface area is 196 Å². The highest BCUT2D eigenvalue weighted by Gasteiger charge is 2.56. The van der Waals surface area contributed by atoms with Gasteiger partial charge in [-0.2, -0.15) is 5.26 Å². The van der Waals surface area contributed by atoms with Crippen molar-refractivity contribution in [2.24, 2.45) is 10.8 Å². The minimum Gasteiger partial charge on any atom is -0.507 e. The topological polar surface area (TPSA) is 98.8 Å². The van der Waals surface area contributed by atoms with Crippen LogP contribution in [-0.4, -0.2) is 44.5 Å². The number of benzene rings is 1. The monoisotopic (exact) mass is 464 g/mol. The smallest absolute Gasteiger partial charge is 0.194 e. The van der Waals surface area contributed by atoms with E-state index in [1.807, 2.05) is 18.0 Å². The largest absolute Gasteiger partial charge is 0.507 e. The average Bonchev–Trinajstić information content (AvgIpc) is 3.39. The lowest BCUT2D eigenvalue weighted by Crippen LogP contribution is -2.52. The summed E-state index contributed by atoms with van der Waals surface area (Å²) >= 11 is 1.25. The molecule has 1 N–H and O–H groups in total. The number of fused-ring (bicyclic) bond motifs is 2. The Bertz CT molecular complexity index is 1240. The zero-order valence-electron chi connectivity index (χ0n) is 18.8. The molecule has 2 saturated carbocycles. The van der Waals surface area contributed by atoms with E-state index in [1.54, 1.807) is 29.8 Å². The van der Waals surface area contributed by atoms with Crippen molar-refractivity contribution in [3.8, 4) is 34.5 Å². The summed E-state index contributed by atoms with van der Waals surface area (Å²) in [5, 5.41) is 30.2. The molecule has 2 heterocycles. The van der Waals surface area contributed by atoms with E-state index in [0.717, 1.165) is 25.7 Å². The molecule has 4 atom stereocenters. The molecule has 0 unspecified atom stereocenters. The number of halogens is 1. The third-order valence-electron chi connectivity index (χ3n) is 7.38. The summed E-state index contributed by atoms with van der Waals surface area (Å²) < 4.78 is 15.5. The van der Waals surface area contributed by atoms with Gasteiger partial charge in [0.15, 0.2) is 16.6 Å². The molecule has 2 aromatic heterocycles. The van der Waals surface area contributed by atoms with Crippen LogP contribution in [0.15, 0.2) is 29.8 Å². The highest BCUT2D eigenvalue weighted by molar-refractivity contribution is 7.10. The van der Waals surface area contributed by atoms with Crippen LogP contribution in [-0.2, 0) is 0 Å². The first-order chi connectivity index (χ1) is 15.7. The third-order valence-corrected chi connectivity index (χ3v) is 8.13. The number of anilines is 1. The molecule has 9 heteroatoms. The standard InChI is InChI=1S/C24H25FN6OS/c1-23-6-7-24(2,13-23)21(25)17(9-23)31(3)19-11-27-22(30-29-19)15-5-4-14(8-18(15)32)16-12-33-20(10-26)28-16/h4-5,8,11-12,17,21,32H,6-7,9,13H2,1-3H3/t17-,21-,23-,24-/m0/s1. The minimum absolute atomic E-state index is 0.00422. The first-order valence-electron chi connectivity index (χ1n) is 11.0. The maximum Gasteiger partial charge on any atom is 0.194 e. The molecule has 2 bridgehead atoms. The van der Waals surface area contributed by atoms with E-state index < -0.39 is 6.17 Å². The molecule has 2 aliphatic rings. The molecule has 5 rings (SSSR count). The van der Waals surface area contributed by atoms with Gasteiger partial charge in [-0.05, 0) is 43.2 Å². The number of hydrogen-bond acceptors (Lipinski definition) is 8. The van der Waals surface area contributed by atoms with E-state index in [4.69, 9.17) is 5.26 Å². The minimum atomic E-state index is -0.927. The Balaban J connectivity index is 1.37. The number of aromatic nitrogens is 4. The fourth-order valence-electron chi connectivity index (χ4n) is 5.62. The molecular weight excluding hydrogens is 439 g/mol. The summed E-state index contributed by atoms with van der Waals surface area (Å²) in [5.74, 6) is 0.796. The number of thiazole rings is 1. The van der Waals surface area contributed by atoms with Gasteiger partial charge in [0.05, 0.1) is 23.5 Å². The summed E-state index contributed by atoms with van der Waals surface area (Å²) in [6.07, 6.45) is 4.36. The Morgan fingerprint density at radius 1 is 1.27 bits per heavy atom. The summed E-state index contributed by atoms with van der Waals surface area (Å²) in [5.41, 5.74) is 1.64. The van der Waals surface area contributed by atoms with Gasteiger partial charge in [0.2, 0.25) is 0 Å². The van der Waals surface area contributed by atoms with E-state index in [2.05, 4.69) is 34.0 Å². The number of nitrogens with zero attached hydrogens (tertiary/aromatic N) is 6. The van der Waals surface area contributed by atoms with E-state index in [-0.39, 0.29) is 28.4 Å². The van der Waals surface area contributed by atoms with Gasteiger partial charge in [-0.25, -0.2) is 14.4 Å². The second-order valence-electron chi connectivity index (χ2n) is 9.95. The summed E-state index contributed by atoms with van der Waals surface area (Å²) in [4.78, 5) is 10.5. The molecule has 3 aromatic rings. The van der Waals surface area contributed by atoms with Crippen molar-refractivity contribution in [1.82, 2.24) is 20.2 Å². The number of aromatic hydroxyl groups is 1. The van der Waals surface area contributed by atoms with Crippen LogP contribution < -0.4 is 4.90 Å². The quantitative estimate of drug-likeness (QED) is 0.581. The fourth-order valence-corrected chi connectivity index (χ4v) is 6.23. The zero-order valence-corrected chi connectivity index (χ0v) is 19.6. The molecule has 170 valence electrons. The predicted molar refractivity (Wildman–Crippen MR) is 125 cm³/mol. The van der Waals surface area contributed by atoms with Crippen LogP contribution in [0.5, 0.6) is 5.75 Å². The van der Waals surface area contributed by atoms with Crippen molar-refractivity contribution < 1.29 is 9.50 Å². The molecule has 0 amide bonds. The third kappa shape index (κ3) is 3.72. The van der Waals surface area contributed by atoms with Crippen molar-refractivity contribution in [1.29, 1.82) is 5.26 Å². The normalized spacial score (nSPS) is 28.5. The van der Waals surface area contributed by atoms with Gasteiger partial charge in [-0.1, -0.05) is 19.9 Å². The predicted octanol–water partition coefficient (Wildman–Crippen LogP) is 4.98.